The van der Waals surface area contributed by atoms with Gasteiger partial charge in [-0.2, -0.15) is 9.97 Å². The minimum absolute atomic E-state index is 0.588. The topological polar surface area (TPSA) is 46.8 Å². The molecule has 4 heterocycles. The van der Waals surface area contributed by atoms with Crippen molar-refractivity contribution in [1.82, 2.24) is 19.5 Å². The van der Waals surface area contributed by atoms with E-state index < -0.39 is 0 Å². The Kier molecular flexibility index (Phi) is 6.38. The van der Waals surface area contributed by atoms with Crippen LogP contribution < -0.4 is 4.90 Å². The van der Waals surface area contributed by atoms with Crippen LogP contribution in [0.2, 0.25) is 0 Å². The normalized spacial score (nSPS) is 12.4. The number of aromatic nitrogens is 4. The van der Waals surface area contributed by atoms with Gasteiger partial charge in [-0.15, -0.1) is 0 Å². The molecule has 2 aliphatic heterocycles. The zero-order chi connectivity index (χ0) is 37.9. The lowest BCUT2D eigenvalue weighted by Gasteiger charge is -2.39. The third-order valence-corrected chi connectivity index (χ3v) is 12.1. The second-order valence-corrected chi connectivity index (χ2v) is 15.2. The fourth-order valence-corrected chi connectivity index (χ4v) is 9.53. The van der Waals surface area contributed by atoms with Crippen molar-refractivity contribution in [3.8, 4) is 62.1 Å². The van der Waals surface area contributed by atoms with Crippen molar-refractivity contribution in [2.24, 2.45) is 0 Å². The summed E-state index contributed by atoms with van der Waals surface area (Å²) in [6.07, 6.45) is 0. The smallest absolute Gasteiger partial charge is 0.238 e. The fraction of sp³-hybridized carbons (Fsp3) is 0. The second-order valence-electron chi connectivity index (χ2n) is 15.2. The highest BCUT2D eigenvalue weighted by Crippen LogP contribution is 2.59. The average molecular weight is 738 g/mol. The van der Waals surface area contributed by atoms with Crippen LogP contribution in [0.25, 0.3) is 105 Å². The Labute approximate surface area is 333 Å². The van der Waals surface area contributed by atoms with Gasteiger partial charge >= 0.3 is 0 Å². The van der Waals surface area contributed by atoms with Crippen LogP contribution in [0.5, 0.6) is 0 Å². The molecule has 0 fully saturated rings. The van der Waals surface area contributed by atoms with E-state index in [9.17, 15) is 0 Å². The molecular formula is C53H31N5. The van der Waals surface area contributed by atoms with Crippen molar-refractivity contribution in [3.05, 3.63) is 188 Å². The fourth-order valence-electron chi connectivity index (χ4n) is 9.53. The standard InChI is InChI=1S/C53H31N5/c1-3-12-34(13-4-1)51-54-52(35-14-5-2-6-15-35)56-53(55-51)58-44-22-8-7-19-38(44)42-30-36(26-29-46(42)58)37-25-28-45-43(31-37)40-21-10-17-33-24-27-41-39-20-9-16-32-18-11-23-47(48(32)39)57(45)50(41)49(33)40/h1-31H. The molecule has 0 bridgehead atoms. The summed E-state index contributed by atoms with van der Waals surface area (Å²) in [4.78, 5) is 17.7. The molecular weight excluding hydrogens is 707 g/mol. The highest BCUT2D eigenvalue weighted by Gasteiger charge is 2.33. The van der Waals surface area contributed by atoms with Crippen LogP contribution in [-0.4, -0.2) is 19.5 Å². The number of benzene rings is 9. The summed E-state index contributed by atoms with van der Waals surface area (Å²) in [6.45, 7) is 0. The van der Waals surface area contributed by atoms with E-state index in [0.29, 0.717) is 17.6 Å². The maximum absolute atomic E-state index is 5.13. The van der Waals surface area contributed by atoms with Crippen LogP contribution in [-0.2, 0) is 0 Å². The van der Waals surface area contributed by atoms with E-state index in [-0.39, 0.29) is 0 Å². The molecule has 0 unspecified atom stereocenters. The lowest BCUT2D eigenvalue weighted by molar-refractivity contribution is 0.953. The van der Waals surface area contributed by atoms with Gasteiger partial charge in [-0.3, -0.25) is 4.57 Å². The Hall–Kier alpha value is -7.89. The molecule has 5 nitrogen and oxygen atoms in total. The summed E-state index contributed by atoms with van der Waals surface area (Å²) in [7, 11) is 0. The summed E-state index contributed by atoms with van der Waals surface area (Å²) < 4.78 is 2.19. The van der Waals surface area contributed by atoms with E-state index in [1.807, 2.05) is 60.7 Å². The number of nitrogens with zero attached hydrogens (tertiary/aromatic N) is 5. The molecule has 0 N–H and O–H groups in total. The number of hydrogen-bond acceptors (Lipinski definition) is 4. The zero-order valence-electron chi connectivity index (χ0n) is 31.1. The Morgan fingerprint density at radius 1 is 0.345 bits per heavy atom. The van der Waals surface area contributed by atoms with E-state index >= 15 is 0 Å². The van der Waals surface area contributed by atoms with Crippen molar-refractivity contribution < 1.29 is 0 Å². The Morgan fingerprint density at radius 2 is 0.966 bits per heavy atom. The summed E-state index contributed by atoms with van der Waals surface area (Å²) in [6, 6.07) is 67.4. The Morgan fingerprint density at radius 3 is 1.72 bits per heavy atom. The molecule has 13 rings (SSSR count). The molecule has 2 aliphatic rings. The van der Waals surface area contributed by atoms with E-state index in [0.717, 1.165) is 38.5 Å². The van der Waals surface area contributed by atoms with Gasteiger partial charge in [0.1, 0.15) is 0 Å². The average Bonchev–Trinajstić information content (AvgIpc) is 3.63. The van der Waals surface area contributed by atoms with Crippen molar-refractivity contribution in [1.29, 1.82) is 0 Å². The molecule has 268 valence electrons. The molecule has 0 saturated carbocycles. The first kappa shape index (κ1) is 31.3. The van der Waals surface area contributed by atoms with Crippen LogP contribution in [0.1, 0.15) is 0 Å². The van der Waals surface area contributed by atoms with Crippen molar-refractivity contribution >= 4 is 60.4 Å². The van der Waals surface area contributed by atoms with Crippen LogP contribution in [0.4, 0.5) is 17.1 Å². The van der Waals surface area contributed by atoms with Gasteiger partial charge in [-0.25, -0.2) is 4.98 Å². The minimum Gasteiger partial charge on any atom is -0.308 e. The molecule has 0 amide bonds. The maximum atomic E-state index is 5.13. The SMILES string of the molecule is c1ccc(-c2nc(-c3ccccc3)nc(-n3c4ccccc4c4cc(-c5ccc6c(c5)-c5cccc7ccc8c(c57)N6c5cccc6cccc-8c56)ccc43)n2)cc1. The molecule has 0 radical (unpaired) electrons. The second kappa shape index (κ2) is 11.8. The molecule has 0 saturated heterocycles. The summed E-state index contributed by atoms with van der Waals surface area (Å²) >= 11 is 0. The minimum atomic E-state index is 0.588. The third-order valence-electron chi connectivity index (χ3n) is 12.1. The van der Waals surface area contributed by atoms with Crippen LogP contribution in [0.3, 0.4) is 0 Å². The predicted molar refractivity (Wildman–Crippen MR) is 238 cm³/mol. The van der Waals surface area contributed by atoms with Crippen molar-refractivity contribution in [2.75, 3.05) is 4.90 Å². The maximum Gasteiger partial charge on any atom is 0.238 e. The molecule has 9 aromatic carbocycles. The van der Waals surface area contributed by atoms with Gasteiger partial charge in [-0.05, 0) is 69.4 Å². The molecule has 0 aliphatic carbocycles. The largest absolute Gasteiger partial charge is 0.308 e. The zero-order valence-corrected chi connectivity index (χ0v) is 31.1. The molecule has 58 heavy (non-hydrogen) atoms. The highest BCUT2D eigenvalue weighted by molar-refractivity contribution is 6.24. The van der Waals surface area contributed by atoms with Crippen molar-refractivity contribution in [2.45, 2.75) is 0 Å². The molecule has 2 aromatic heterocycles. The van der Waals surface area contributed by atoms with Gasteiger partial charge in [0.15, 0.2) is 11.6 Å². The Balaban J connectivity index is 1.01. The van der Waals surface area contributed by atoms with Gasteiger partial charge in [0.05, 0.1) is 28.1 Å². The third kappa shape index (κ3) is 4.38. The van der Waals surface area contributed by atoms with Crippen LogP contribution >= 0.6 is 0 Å². The molecule has 5 heteroatoms. The van der Waals surface area contributed by atoms with E-state index in [2.05, 4.69) is 137 Å². The van der Waals surface area contributed by atoms with E-state index in [1.54, 1.807) is 0 Å². The van der Waals surface area contributed by atoms with E-state index in [1.165, 1.54) is 66.4 Å². The van der Waals surface area contributed by atoms with Crippen LogP contribution in [0, 0.1) is 0 Å². The monoisotopic (exact) mass is 737 g/mol. The van der Waals surface area contributed by atoms with Gasteiger partial charge in [0, 0.05) is 43.8 Å². The molecule has 11 aromatic rings. The van der Waals surface area contributed by atoms with E-state index in [4.69, 9.17) is 15.0 Å². The van der Waals surface area contributed by atoms with Crippen molar-refractivity contribution in [3.63, 3.8) is 0 Å². The van der Waals surface area contributed by atoms with Crippen LogP contribution in [0.15, 0.2) is 188 Å². The van der Waals surface area contributed by atoms with Gasteiger partial charge < -0.3 is 4.90 Å². The Bertz CT molecular complexity index is 3450. The molecule has 0 spiro atoms. The number of fused-ring (bicyclic) bond motifs is 8. The lowest BCUT2D eigenvalue weighted by atomic mass is 9.82. The quantitative estimate of drug-likeness (QED) is 0.180. The van der Waals surface area contributed by atoms with Gasteiger partial charge in [-0.1, -0.05) is 152 Å². The number of hydrogen-bond donors (Lipinski definition) is 0. The lowest BCUT2D eigenvalue weighted by Crippen LogP contribution is -2.19. The number of para-hydroxylation sites is 1. The first-order valence-corrected chi connectivity index (χ1v) is 19.7. The number of rotatable bonds is 4. The van der Waals surface area contributed by atoms with Gasteiger partial charge in [0.25, 0.3) is 0 Å². The number of anilines is 3. The first-order chi connectivity index (χ1) is 28.8. The highest BCUT2D eigenvalue weighted by atomic mass is 15.2. The molecule has 0 atom stereocenters. The summed E-state index contributed by atoms with van der Waals surface area (Å²) in [5.74, 6) is 1.86. The summed E-state index contributed by atoms with van der Waals surface area (Å²) in [5, 5.41) is 7.41. The predicted octanol–water partition coefficient (Wildman–Crippen LogP) is 13.7. The van der Waals surface area contributed by atoms with Gasteiger partial charge in [0.2, 0.25) is 5.95 Å². The summed E-state index contributed by atoms with van der Waals surface area (Å²) in [5.41, 5.74) is 15.1. The first-order valence-electron chi connectivity index (χ1n) is 19.7.